The first-order valence-corrected chi connectivity index (χ1v) is 5.23. The summed E-state index contributed by atoms with van der Waals surface area (Å²) in [5.41, 5.74) is 1.83. The van der Waals surface area contributed by atoms with Crippen molar-refractivity contribution in [2.75, 3.05) is 5.32 Å². The molecule has 0 bridgehead atoms. The fourth-order valence-electron chi connectivity index (χ4n) is 2.11. The summed E-state index contributed by atoms with van der Waals surface area (Å²) in [7, 11) is 0. The molecule has 1 aliphatic rings. The molecule has 2 heterocycles. The Morgan fingerprint density at radius 2 is 2.29 bits per heavy atom. The van der Waals surface area contributed by atoms with Gasteiger partial charge in [-0.3, -0.25) is 9.36 Å². The van der Waals surface area contributed by atoms with Crippen molar-refractivity contribution in [2.24, 2.45) is 0 Å². The summed E-state index contributed by atoms with van der Waals surface area (Å²) in [4.78, 5) is 10.9. The molecule has 0 saturated carbocycles. The number of aliphatic carboxylic acids is 1. The molecule has 2 N–H and O–H groups in total. The lowest BCUT2D eigenvalue weighted by molar-refractivity contribution is -0.137. The molecule has 1 unspecified atom stereocenters. The largest absolute Gasteiger partial charge is 0.481 e. The molecule has 2 aromatic rings. The molecule has 6 heteroatoms. The van der Waals surface area contributed by atoms with Gasteiger partial charge in [0, 0.05) is 5.69 Å². The monoisotopic (exact) mass is 230 g/mol. The van der Waals surface area contributed by atoms with Gasteiger partial charge in [0.2, 0.25) is 5.95 Å². The fraction of sp³-hybridized carbons (Fsp3) is 0.182. The highest BCUT2D eigenvalue weighted by molar-refractivity contribution is 5.71. The summed E-state index contributed by atoms with van der Waals surface area (Å²) < 4.78 is 1.75. The zero-order valence-corrected chi connectivity index (χ0v) is 8.87. The van der Waals surface area contributed by atoms with Crippen LogP contribution >= 0.6 is 0 Å². The molecule has 1 atom stereocenters. The Labute approximate surface area is 96.9 Å². The number of hydrogen-bond acceptors (Lipinski definition) is 4. The minimum absolute atomic E-state index is 0.0176. The van der Waals surface area contributed by atoms with Crippen LogP contribution in [0.2, 0.25) is 0 Å². The van der Waals surface area contributed by atoms with Gasteiger partial charge in [-0.15, -0.1) is 10.2 Å². The third-order valence-corrected chi connectivity index (χ3v) is 2.84. The van der Waals surface area contributed by atoms with Crippen molar-refractivity contribution in [3.63, 3.8) is 0 Å². The second-order valence-corrected chi connectivity index (χ2v) is 3.89. The van der Waals surface area contributed by atoms with Crippen molar-refractivity contribution in [3.8, 4) is 0 Å². The van der Waals surface area contributed by atoms with Crippen LogP contribution in [0.5, 0.6) is 0 Å². The average Bonchev–Trinajstić information content (AvgIpc) is 2.76. The standard InChI is InChI=1S/C11H10N4O2/c16-10(17)5-9-7-3-1-2-4-8(7)13-11-14-12-6-15(9)11/h1-4,6,9H,5H2,(H,13,14)(H,16,17). The number of fused-ring (bicyclic) bond motifs is 2. The molecule has 86 valence electrons. The van der Waals surface area contributed by atoms with E-state index in [0.717, 1.165) is 11.3 Å². The summed E-state index contributed by atoms with van der Waals surface area (Å²) in [5.74, 6) is -0.263. The van der Waals surface area contributed by atoms with E-state index in [2.05, 4.69) is 15.5 Å². The Balaban J connectivity index is 2.12. The van der Waals surface area contributed by atoms with Crippen LogP contribution in [-0.4, -0.2) is 25.8 Å². The van der Waals surface area contributed by atoms with Crippen LogP contribution in [-0.2, 0) is 4.79 Å². The lowest BCUT2D eigenvalue weighted by Gasteiger charge is -2.26. The molecule has 0 aliphatic carbocycles. The SMILES string of the molecule is O=C(O)CC1c2ccccc2Nc2nncn21. The number of hydrogen-bond donors (Lipinski definition) is 2. The third-order valence-electron chi connectivity index (χ3n) is 2.84. The first-order chi connectivity index (χ1) is 8.25. The van der Waals surface area contributed by atoms with Gasteiger partial charge in [-0.2, -0.15) is 0 Å². The van der Waals surface area contributed by atoms with E-state index in [1.54, 1.807) is 10.9 Å². The number of carboxylic acids is 1. The number of para-hydroxylation sites is 1. The van der Waals surface area contributed by atoms with Crippen LogP contribution in [0, 0.1) is 0 Å². The smallest absolute Gasteiger partial charge is 0.305 e. The number of carboxylic acid groups (broad SMARTS) is 1. The van der Waals surface area contributed by atoms with E-state index < -0.39 is 5.97 Å². The molecule has 0 fully saturated rings. The average molecular weight is 230 g/mol. The van der Waals surface area contributed by atoms with Crippen LogP contribution < -0.4 is 5.32 Å². The van der Waals surface area contributed by atoms with E-state index >= 15 is 0 Å². The number of nitrogens with zero attached hydrogens (tertiary/aromatic N) is 3. The number of nitrogens with one attached hydrogen (secondary N) is 1. The molecule has 6 nitrogen and oxygen atoms in total. The van der Waals surface area contributed by atoms with Crippen molar-refractivity contribution in [1.82, 2.24) is 14.8 Å². The first-order valence-electron chi connectivity index (χ1n) is 5.23. The maximum atomic E-state index is 10.9. The van der Waals surface area contributed by atoms with Crippen molar-refractivity contribution < 1.29 is 9.90 Å². The maximum Gasteiger partial charge on any atom is 0.305 e. The molecule has 0 radical (unpaired) electrons. The molecule has 0 saturated heterocycles. The maximum absolute atomic E-state index is 10.9. The molecule has 1 aromatic carbocycles. The summed E-state index contributed by atoms with van der Waals surface area (Å²) >= 11 is 0. The van der Waals surface area contributed by atoms with Crippen LogP contribution in [0.4, 0.5) is 11.6 Å². The molecule has 0 spiro atoms. The zero-order chi connectivity index (χ0) is 11.8. The van der Waals surface area contributed by atoms with Gasteiger partial charge in [-0.1, -0.05) is 18.2 Å². The Morgan fingerprint density at radius 1 is 1.47 bits per heavy atom. The van der Waals surface area contributed by atoms with Crippen molar-refractivity contribution in [3.05, 3.63) is 36.2 Å². The van der Waals surface area contributed by atoms with E-state index in [9.17, 15) is 4.79 Å². The normalized spacial score (nSPS) is 16.8. The highest BCUT2D eigenvalue weighted by atomic mass is 16.4. The molecular weight excluding hydrogens is 220 g/mol. The van der Waals surface area contributed by atoms with Crippen molar-refractivity contribution in [2.45, 2.75) is 12.5 Å². The predicted octanol–water partition coefficient (Wildman–Crippen LogP) is 1.40. The summed E-state index contributed by atoms with van der Waals surface area (Å²) in [6.07, 6.45) is 1.57. The van der Waals surface area contributed by atoms with E-state index in [1.165, 1.54) is 0 Å². The number of benzene rings is 1. The molecule has 3 rings (SSSR count). The summed E-state index contributed by atoms with van der Waals surface area (Å²) in [6, 6.07) is 7.36. The Kier molecular flexibility index (Phi) is 2.07. The number of rotatable bonds is 2. The Bertz CT molecular complexity index is 578. The molecule has 17 heavy (non-hydrogen) atoms. The fourth-order valence-corrected chi connectivity index (χ4v) is 2.11. The molecule has 1 aromatic heterocycles. The van der Waals surface area contributed by atoms with Gasteiger partial charge in [0.1, 0.15) is 6.33 Å². The Hall–Kier alpha value is -2.37. The van der Waals surface area contributed by atoms with Crippen LogP contribution in [0.25, 0.3) is 0 Å². The first kappa shape index (κ1) is 9.83. The quantitative estimate of drug-likeness (QED) is 0.815. The minimum atomic E-state index is -0.841. The van der Waals surface area contributed by atoms with Crippen LogP contribution in [0.3, 0.4) is 0 Å². The predicted molar refractivity (Wildman–Crippen MR) is 60.1 cm³/mol. The van der Waals surface area contributed by atoms with E-state index in [1.807, 2.05) is 24.3 Å². The Morgan fingerprint density at radius 3 is 3.12 bits per heavy atom. The van der Waals surface area contributed by atoms with E-state index in [0.29, 0.717) is 5.95 Å². The second-order valence-electron chi connectivity index (χ2n) is 3.89. The minimum Gasteiger partial charge on any atom is -0.481 e. The van der Waals surface area contributed by atoms with Gasteiger partial charge in [0.05, 0.1) is 12.5 Å². The molecule has 1 aliphatic heterocycles. The highest BCUT2D eigenvalue weighted by Gasteiger charge is 2.27. The van der Waals surface area contributed by atoms with Crippen LogP contribution in [0.15, 0.2) is 30.6 Å². The number of anilines is 2. The molecule has 0 amide bonds. The lowest BCUT2D eigenvalue weighted by Crippen LogP contribution is -2.21. The topological polar surface area (TPSA) is 80.0 Å². The van der Waals surface area contributed by atoms with Crippen molar-refractivity contribution in [1.29, 1.82) is 0 Å². The molecular formula is C11H10N4O2. The second kappa shape index (κ2) is 3.58. The number of aromatic nitrogens is 3. The van der Waals surface area contributed by atoms with Crippen molar-refractivity contribution >= 4 is 17.6 Å². The van der Waals surface area contributed by atoms with Gasteiger partial charge < -0.3 is 10.4 Å². The van der Waals surface area contributed by atoms with E-state index in [-0.39, 0.29) is 12.5 Å². The van der Waals surface area contributed by atoms with Gasteiger partial charge in [-0.25, -0.2) is 0 Å². The van der Waals surface area contributed by atoms with Gasteiger partial charge in [0.15, 0.2) is 0 Å². The lowest BCUT2D eigenvalue weighted by atomic mass is 10.00. The van der Waals surface area contributed by atoms with E-state index in [4.69, 9.17) is 5.11 Å². The van der Waals surface area contributed by atoms with Gasteiger partial charge in [-0.05, 0) is 11.6 Å². The van der Waals surface area contributed by atoms with Gasteiger partial charge >= 0.3 is 5.97 Å². The summed E-state index contributed by atoms with van der Waals surface area (Å²) in [5, 5.41) is 19.8. The number of carbonyl (C=O) groups is 1. The highest BCUT2D eigenvalue weighted by Crippen LogP contribution is 2.36. The van der Waals surface area contributed by atoms with Gasteiger partial charge in [0.25, 0.3) is 0 Å². The zero-order valence-electron chi connectivity index (χ0n) is 8.87. The van der Waals surface area contributed by atoms with Crippen LogP contribution in [0.1, 0.15) is 18.0 Å². The third kappa shape index (κ3) is 1.54. The summed E-state index contributed by atoms with van der Waals surface area (Å²) in [6.45, 7) is 0.